The summed E-state index contributed by atoms with van der Waals surface area (Å²) in [7, 11) is 1.61. The Bertz CT molecular complexity index is 1240. The number of nitrogens with one attached hydrogen (secondary N) is 1. The number of carbonyl (C=O) groups is 1. The van der Waals surface area contributed by atoms with Crippen LogP contribution >= 0.6 is 50.3 Å². The minimum atomic E-state index is -0.171. The van der Waals surface area contributed by atoms with E-state index in [0.29, 0.717) is 28.2 Å². The number of hydrogen-bond donors (Lipinski definition) is 1. The largest absolute Gasteiger partial charge is 0.493 e. The van der Waals surface area contributed by atoms with Crippen LogP contribution in [0.3, 0.4) is 0 Å². The van der Waals surface area contributed by atoms with Crippen molar-refractivity contribution in [3.63, 3.8) is 0 Å². The van der Waals surface area contributed by atoms with E-state index in [0.717, 1.165) is 30.4 Å². The maximum atomic E-state index is 12.5. The number of halogens is 2. The van der Waals surface area contributed by atoms with Crippen molar-refractivity contribution in [3.05, 3.63) is 90.3 Å². The van der Waals surface area contributed by atoms with Gasteiger partial charge in [-0.15, -0.1) is 0 Å². The number of hydrogen-bond acceptors (Lipinski definition) is 5. The van der Waals surface area contributed by atoms with Crippen molar-refractivity contribution in [2.45, 2.75) is 13.5 Å². The lowest BCUT2D eigenvalue weighted by Gasteiger charge is -2.14. The standard InChI is InChI=1S/C25H20BrIN2O3S/c1-15-3-9-19(10-4-15)28-25-29-24(30)22(33-25)13-17-11-20(27)23(21(12-17)31-2)32-14-16-5-7-18(26)8-6-16/h3-13H,14H2,1-2H3,(H,28,29,30)/b22-13-. The molecule has 1 heterocycles. The molecule has 1 fully saturated rings. The molecule has 1 amide bonds. The maximum absolute atomic E-state index is 12.5. The molecular weight excluding hydrogens is 615 g/mol. The predicted octanol–water partition coefficient (Wildman–Crippen LogP) is 6.84. The van der Waals surface area contributed by atoms with Crippen molar-refractivity contribution in [1.82, 2.24) is 5.32 Å². The topological polar surface area (TPSA) is 59.9 Å². The summed E-state index contributed by atoms with van der Waals surface area (Å²) in [6.45, 7) is 2.45. The molecule has 168 valence electrons. The van der Waals surface area contributed by atoms with Crippen molar-refractivity contribution in [2.75, 3.05) is 7.11 Å². The van der Waals surface area contributed by atoms with Crippen molar-refractivity contribution < 1.29 is 14.3 Å². The van der Waals surface area contributed by atoms with Crippen LogP contribution < -0.4 is 14.8 Å². The van der Waals surface area contributed by atoms with Gasteiger partial charge in [0.25, 0.3) is 5.91 Å². The van der Waals surface area contributed by atoms with Crippen molar-refractivity contribution >= 4 is 73.1 Å². The average molecular weight is 635 g/mol. The second kappa shape index (κ2) is 10.8. The molecule has 1 N–H and O–H groups in total. The molecule has 1 saturated heterocycles. The lowest BCUT2D eigenvalue weighted by atomic mass is 10.2. The first-order valence-electron chi connectivity index (χ1n) is 10.0. The Labute approximate surface area is 218 Å². The highest BCUT2D eigenvalue weighted by molar-refractivity contribution is 14.1. The first-order valence-corrected chi connectivity index (χ1v) is 12.7. The fourth-order valence-electron chi connectivity index (χ4n) is 3.07. The summed E-state index contributed by atoms with van der Waals surface area (Å²) >= 11 is 6.98. The number of amides is 1. The highest BCUT2D eigenvalue weighted by Crippen LogP contribution is 2.36. The number of amidine groups is 1. The predicted molar refractivity (Wildman–Crippen MR) is 146 cm³/mol. The van der Waals surface area contributed by atoms with Gasteiger partial charge in [-0.1, -0.05) is 45.8 Å². The third-order valence-corrected chi connectivity index (χ3v) is 7.00. The van der Waals surface area contributed by atoms with Gasteiger partial charge in [-0.3, -0.25) is 4.79 Å². The molecule has 1 aliphatic heterocycles. The minimum Gasteiger partial charge on any atom is -0.493 e. The molecule has 0 aromatic heterocycles. The average Bonchev–Trinajstić information content (AvgIpc) is 3.13. The smallest absolute Gasteiger partial charge is 0.264 e. The van der Waals surface area contributed by atoms with Crippen LogP contribution in [0.2, 0.25) is 0 Å². The van der Waals surface area contributed by atoms with E-state index in [2.05, 4.69) is 48.8 Å². The molecule has 0 spiro atoms. The molecule has 0 radical (unpaired) electrons. The first kappa shape index (κ1) is 23.8. The van der Waals surface area contributed by atoms with Crippen molar-refractivity contribution in [3.8, 4) is 11.5 Å². The van der Waals surface area contributed by atoms with Crippen LogP contribution in [-0.4, -0.2) is 18.2 Å². The van der Waals surface area contributed by atoms with Crippen molar-refractivity contribution in [2.24, 2.45) is 4.99 Å². The summed E-state index contributed by atoms with van der Waals surface area (Å²) < 4.78 is 13.5. The van der Waals surface area contributed by atoms with Crippen molar-refractivity contribution in [1.29, 1.82) is 0 Å². The number of thioether (sulfide) groups is 1. The molecule has 8 heteroatoms. The number of aliphatic imine (C=N–C) groups is 1. The third-order valence-electron chi connectivity index (χ3n) is 4.76. The van der Waals surface area contributed by atoms with Gasteiger partial charge in [0.15, 0.2) is 16.7 Å². The summed E-state index contributed by atoms with van der Waals surface area (Å²) in [5, 5.41) is 3.39. The normalized spacial score (nSPS) is 15.7. The SMILES string of the molecule is COc1cc(/C=C2\SC(=Nc3ccc(C)cc3)NC2=O)cc(I)c1OCc1ccc(Br)cc1. The van der Waals surface area contributed by atoms with Crippen LogP contribution in [0.1, 0.15) is 16.7 Å². The Morgan fingerprint density at radius 3 is 2.55 bits per heavy atom. The van der Waals surface area contributed by atoms with Crippen LogP contribution in [-0.2, 0) is 11.4 Å². The first-order chi connectivity index (χ1) is 15.9. The molecule has 5 nitrogen and oxygen atoms in total. The number of benzene rings is 3. The van der Waals surface area contributed by atoms with E-state index in [4.69, 9.17) is 9.47 Å². The van der Waals surface area contributed by atoms with Gasteiger partial charge in [-0.25, -0.2) is 4.99 Å². The lowest BCUT2D eigenvalue weighted by Crippen LogP contribution is -2.19. The summed E-state index contributed by atoms with van der Waals surface area (Å²) in [5.74, 6) is 1.12. The van der Waals surface area contributed by atoms with Crippen LogP contribution in [0, 0.1) is 10.5 Å². The molecule has 33 heavy (non-hydrogen) atoms. The quantitative estimate of drug-likeness (QED) is 0.238. The zero-order valence-corrected chi connectivity index (χ0v) is 22.5. The Balaban J connectivity index is 1.52. The monoisotopic (exact) mass is 634 g/mol. The Hall–Kier alpha value is -2.30. The van der Waals surface area contributed by atoms with Gasteiger partial charge in [0.05, 0.1) is 21.3 Å². The van der Waals surface area contributed by atoms with E-state index in [1.807, 2.05) is 73.7 Å². The minimum absolute atomic E-state index is 0.171. The van der Waals surface area contributed by atoms with E-state index < -0.39 is 0 Å². The molecule has 1 aliphatic rings. The Morgan fingerprint density at radius 2 is 1.85 bits per heavy atom. The molecule has 0 aliphatic carbocycles. The molecule has 3 aromatic rings. The van der Waals surface area contributed by atoms with E-state index in [9.17, 15) is 4.79 Å². The summed E-state index contributed by atoms with van der Waals surface area (Å²) in [4.78, 5) is 17.6. The molecule has 0 atom stereocenters. The number of nitrogens with zero attached hydrogens (tertiary/aromatic N) is 1. The van der Waals surface area contributed by atoms with Gasteiger partial charge in [0.2, 0.25) is 0 Å². The van der Waals surface area contributed by atoms with Crippen LogP contribution in [0.4, 0.5) is 5.69 Å². The van der Waals surface area contributed by atoms with Gasteiger partial charge in [0.1, 0.15) is 6.61 Å². The van der Waals surface area contributed by atoms with E-state index in [1.54, 1.807) is 7.11 Å². The van der Waals surface area contributed by atoms with Gasteiger partial charge < -0.3 is 14.8 Å². The van der Waals surface area contributed by atoms with Gasteiger partial charge in [0, 0.05) is 4.47 Å². The highest BCUT2D eigenvalue weighted by Gasteiger charge is 2.24. The number of rotatable bonds is 6. The zero-order chi connectivity index (χ0) is 23.4. The number of aryl methyl sites for hydroxylation is 1. The Morgan fingerprint density at radius 1 is 1.12 bits per heavy atom. The number of carbonyl (C=O) groups excluding carboxylic acids is 1. The fourth-order valence-corrected chi connectivity index (χ4v) is 4.96. The van der Waals surface area contributed by atoms with Crippen LogP contribution in [0.25, 0.3) is 6.08 Å². The molecular formula is C25H20BrIN2O3S. The molecule has 3 aromatic carbocycles. The Kier molecular flexibility index (Phi) is 7.77. The van der Waals surface area contributed by atoms with Gasteiger partial charge in [-0.2, -0.15) is 0 Å². The summed E-state index contributed by atoms with van der Waals surface area (Å²) in [5.41, 5.74) is 3.87. The highest BCUT2D eigenvalue weighted by atomic mass is 127. The van der Waals surface area contributed by atoms with E-state index in [-0.39, 0.29) is 5.91 Å². The molecule has 4 rings (SSSR count). The third kappa shape index (κ3) is 6.18. The second-order valence-corrected chi connectivity index (χ2v) is 10.4. The number of methoxy groups -OCH3 is 1. The van der Waals surface area contributed by atoms with Crippen LogP contribution in [0.15, 0.2) is 75.0 Å². The summed E-state index contributed by atoms with van der Waals surface area (Å²) in [6, 6.07) is 19.7. The second-order valence-electron chi connectivity index (χ2n) is 7.27. The molecule has 0 unspecified atom stereocenters. The van der Waals surface area contributed by atoms with Crippen LogP contribution in [0.5, 0.6) is 11.5 Å². The summed E-state index contributed by atoms with van der Waals surface area (Å²) in [6.07, 6.45) is 1.83. The van der Waals surface area contributed by atoms with E-state index >= 15 is 0 Å². The number of ether oxygens (including phenoxy) is 2. The van der Waals surface area contributed by atoms with E-state index in [1.165, 1.54) is 11.8 Å². The molecule has 0 saturated carbocycles. The zero-order valence-electron chi connectivity index (χ0n) is 17.9. The lowest BCUT2D eigenvalue weighted by molar-refractivity contribution is -0.115. The molecule has 0 bridgehead atoms. The maximum Gasteiger partial charge on any atom is 0.264 e. The van der Waals surface area contributed by atoms with Gasteiger partial charge >= 0.3 is 0 Å². The van der Waals surface area contributed by atoms with Gasteiger partial charge in [-0.05, 0) is 94.9 Å². The fraction of sp³-hybridized carbons (Fsp3) is 0.120.